The number of fused-ring (bicyclic) bond motifs is 2. The molecule has 32 heavy (non-hydrogen) atoms. The Morgan fingerprint density at radius 1 is 0.531 bits per heavy atom. The normalized spacial score (nSPS) is 11.4. The molecule has 2 aromatic carbocycles. The van der Waals surface area contributed by atoms with Crippen molar-refractivity contribution in [1.29, 1.82) is 0 Å². The van der Waals surface area contributed by atoms with Gasteiger partial charge in [-0.25, -0.2) is 19.9 Å². The first-order valence-corrected chi connectivity index (χ1v) is 10.0. The molecular formula is C22H16N10. The highest BCUT2D eigenvalue weighted by Crippen LogP contribution is 2.29. The first-order chi connectivity index (χ1) is 15.7. The maximum Gasteiger partial charge on any atom is 0.187 e. The van der Waals surface area contributed by atoms with Crippen molar-refractivity contribution in [2.24, 2.45) is 0 Å². The standard InChI is InChI=1S/C22H16N10/c1-13-23-17(19-21(25-13)31(29-27-19)15-9-5-3-6-10-15)18-20-22(26-14(2)24-18)32(30-28-20)16-11-7-4-8-12-16/h3-12H,1-2H3. The average Bonchev–Trinajstić information content (AvgIpc) is 3.43. The van der Waals surface area contributed by atoms with Gasteiger partial charge in [-0.3, -0.25) is 0 Å². The predicted octanol–water partition coefficient (Wildman–Crippen LogP) is 3.02. The number of aromatic nitrogens is 10. The van der Waals surface area contributed by atoms with Gasteiger partial charge in [0, 0.05) is 0 Å². The molecule has 4 heterocycles. The van der Waals surface area contributed by atoms with Gasteiger partial charge in [0.2, 0.25) is 0 Å². The lowest BCUT2D eigenvalue weighted by molar-refractivity contribution is 0.816. The van der Waals surface area contributed by atoms with Crippen molar-refractivity contribution < 1.29 is 0 Å². The molecule has 0 aliphatic carbocycles. The average molecular weight is 420 g/mol. The van der Waals surface area contributed by atoms with E-state index in [4.69, 9.17) is 0 Å². The summed E-state index contributed by atoms with van der Waals surface area (Å²) in [5.74, 6) is 1.15. The Labute approximate surface area is 181 Å². The van der Waals surface area contributed by atoms with Crippen LogP contribution in [0.5, 0.6) is 0 Å². The fourth-order valence-corrected chi connectivity index (χ4v) is 3.66. The van der Waals surface area contributed by atoms with Gasteiger partial charge >= 0.3 is 0 Å². The summed E-state index contributed by atoms with van der Waals surface area (Å²) in [4.78, 5) is 18.5. The lowest BCUT2D eigenvalue weighted by Gasteiger charge is -2.06. The zero-order chi connectivity index (χ0) is 21.7. The fraction of sp³-hybridized carbons (Fsp3) is 0.0909. The van der Waals surface area contributed by atoms with Crippen LogP contribution in [0.15, 0.2) is 60.7 Å². The van der Waals surface area contributed by atoms with E-state index in [1.165, 1.54) is 0 Å². The van der Waals surface area contributed by atoms with Gasteiger partial charge in [0.15, 0.2) is 22.3 Å². The lowest BCUT2D eigenvalue weighted by atomic mass is 10.2. The molecule has 0 aliphatic heterocycles. The molecule has 0 saturated carbocycles. The van der Waals surface area contributed by atoms with Crippen molar-refractivity contribution in [2.45, 2.75) is 13.8 Å². The van der Waals surface area contributed by atoms with Crippen LogP contribution in [-0.2, 0) is 0 Å². The number of nitrogens with zero attached hydrogens (tertiary/aromatic N) is 10. The van der Waals surface area contributed by atoms with Gasteiger partial charge in [0.1, 0.15) is 23.0 Å². The summed E-state index contributed by atoms with van der Waals surface area (Å²) in [6.45, 7) is 3.66. The number of para-hydroxylation sites is 2. The molecule has 0 aliphatic rings. The quantitative estimate of drug-likeness (QED) is 0.429. The summed E-state index contributed by atoms with van der Waals surface area (Å²) in [6, 6.07) is 19.5. The molecule has 0 spiro atoms. The Kier molecular flexibility index (Phi) is 3.97. The Morgan fingerprint density at radius 2 is 0.938 bits per heavy atom. The first-order valence-electron chi connectivity index (χ1n) is 10.0. The highest BCUT2D eigenvalue weighted by Gasteiger charge is 2.22. The van der Waals surface area contributed by atoms with Crippen molar-refractivity contribution in [2.75, 3.05) is 0 Å². The monoisotopic (exact) mass is 420 g/mol. The smallest absolute Gasteiger partial charge is 0.187 e. The van der Waals surface area contributed by atoms with Gasteiger partial charge in [0.05, 0.1) is 11.4 Å². The Balaban J connectivity index is 1.62. The molecule has 6 rings (SSSR count). The van der Waals surface area contributed by atoms with Crippen LogP contribution in [0.4, 0.5) is 0 Å². The van der Waals surface area contributed by atoms with Crippen LogP contribution in [-0.4, -0.2) is 49.9 Å². The fourth-order valence-electron chi connectivity index (χ4n) is 3.66. The molecule has 0 fully saturated rings. The second-order valence-electron chi connectivity index (χ2n) is 7.26. The summed E-state index contributed by atoms with van der Waals surface area (Å²) in [6.07, 6.45) is 0. The molecule has 0 saturated heterocycles. The number of rotatable bonds is 3. The first kappa shape index (κ1) is 18.2. The van der Waals surface area contributed by atoms with E-state index in [9.17, 15) is 0 Å². The minimum absolute atomic E-state index is 0.535. The van der Waals surface area contributed by atoms with Crippen LogP contribution < -0.4 is 0 Å². The highest BCUT2D eigenvalue weighted by atomic mass is 15.5. The van der Waals surface area contributed by atoms with Crippen molar-refractivity contribution >= 4 is 22.3 Å². The van der Waals surface area contributed by atoms with Crippen LogP contribution >= 0.6 is 0 Å². The van der Waals surface area contributed by atoms with E-state index in [1.54, 1.807) is 9.36 Å². The number of hydrogen-bond acceptors (Lipinski definition) is 8. The SMILES string of the molecule is Cc1nc(-c2nc(C)nc3c2nnn3-c2ccccc2)c2nnn(-c3ccccc3)c2n1. The molecule has 0 radical (unpaired) electrons. The zero-order valence-corrected chi connectivity index (χ0v) is 17.2. The lowest BCUT2D eigenvalue weighted by Crippen LogP contribution is -2.03. The largest absolute Gasteiger partial charge is 0.229 e. The van der Waals surface area contributed by atoms with Gasteiger partial charge in [-0.15, -0.1) is 10.2 Å². The van der Waals surface area contributed by atoms with Crippen molar-refractivity contribution in [1.82, 2.24) is 49.9 Å². The Hall–Kier alpha value is -4.60. The molecule has 10 heteroatoms. The van der Waals surface area contributed by atoms with Gasteiger partial charge in [0.25, 0.3) is 0 Å². The molecule has 4 aromatic heterocycles. The Morgan fingerprint density at radius 3 is 1.34 bits per heavy atom. The van der Waals surface area contributed by atoms with Gasteiger partial charge < -0.3 is 0 Å². The third kappa shape index (κ3) is 2.81. The molecule has 10 nitrogen and oxygen atoms in total. The molecule has 0 unspecified atom stereocenters. The van der Waals surface area contributed by atoms with E-state index >= 15 is 0 Å². The van der Waals surface area contributed by atoms with Crippen LogP contribution in [0.3, 0.4) is 0 Å². The van der Waals surface area contributed by atoms with Gasteiger partial charge in [-0.05, 0) is 38.1 Å². The van der Waals surface area contributed by atoms with Crippen LogP contribution in [0.1, 0.15) is 11.6 Å². The van der Waals surface area contributed by atoms with Crippen LogP contribution in [0.2, 0.25) is 0 Å². The highest BCUT2D eigenvalue weighted by molar-refractivity contribution is 5.95. The topological polar surface area (TPSA) is 113 Å². The summed E-state index contributed by atoms with van der Waals surface area (Å²) in [5.41, 5.74) is 5.07. The molecule has 0 bridgehead atoms. The third-order valence-electron chi connectivity index (χ3n) is 5.05. The molecule has 154 valence electrons. The predicted molar refractivity (Wildman–Crippen MR) is 117 cm³/mol. The second-order valence-corrected chi connectivity index (χ2v) is 7.26. The summed E-state index contributed by atoms with van der Waals surface area (Å²) in [7, 11) is 0. The van der Waals surface area contributed by atoms with E-state index in [-0.39, 0.29) is 0 Å². The maximum absolute atomic E-state index is 4.66. The van der Waals surface area contributed by atoms with Gasteiger partial charge in [-0.2, -0.15) is 9.36 Å². The molecule has 6 aromatic rings. The second kappa shape index (κ2) is 6.98. The minimum Gasteiger partial charge on any atom is -0.229 e. The van der Waals surface area contributed by atoms with Crippen molar-refractivity contribution in [3.8, 4) is 22.8 Å². The third-order valence-corrected chi connectivity index (χ3v) is 5.05. The Bertz CT molecular complexity index is 1460. The minimum atomic E-state index is 0.535. The van der Waals surface area contributed by atoms with E-state index in [2.05, 4.69) is 40.6 Å². The zero-order valence-electron chi connectivity index (χ0n) is 17.2. The summed E-state index contributed by atoms with van der Waals surface area (Å²) >= 11 is 0. The molecule has 0 atom stereocenters. The van der Waals surface area contributed by atoms with E-state index in [0.717, 1.165) is 11.4 Å². The number of aryl methyl sites for hydroxylation is 2. The van der Waals surface area contributed by atoms with Crippen molar-refractivity contribution in [3.05, 3.63) is 72.3 Å². The van der Waals surface area contributed by atoms with Crippen molar-refractivity contribution in [3.63, 3.8) is 0 Å². The summed E-state index contributed by atoms with van der Waals surface area (Å²) in [5, 5.41) is 17.4. The molecular weight excluding hydrogens is 404 g/mol. The number of benzene rings is 2. The van der Waals surface area contributed by atoms with E-state index in [1.807, 2.05) is 74.5 Å². The van der Waals surface area contributed by atoms with Gasteiger partial charge in [-0.1, -0.05) is 46.8 Å². The number of hydrogen-bond donors (Lipinski definition) is 0. The molecule has 0 amide bonds. The maximum atomic E-state index is 4.66. The molecule has 0 N–H and O–H groups in total. The summed E-state index contributed by atoms with van der Waals surface area (Å²) < 4.78 is 3.39. The van der Waals surface area contributed by atoms with E-state index in [0.29, 0.717) is 45.4 Å². The van der Waals surface area contributed by atoms with E-state index < -0.39 is 0 Å². The van der Waals surface area contributed by atoms with Crippen LogP contribution in [0.25, 0.3) is 45.1 Å². The van der Waals surface area contributed by atoms with Crippen LogP contribution in [0, 0.1) is 13.8 Å².